The normalized spacial score (nSPS) is 12.8. The van der Waals surface area contributed by atoms with Crippen LogP contribution < -0.4 is 8.92 Å². The maximum atomic E-state index is 12.0. The quantitative estimate of drug-likeness (QED) is 0.333. The molecule has 0 aliphatic heterocycles. The third-order valence-corrected chi connectivity index (χ3v) is 2.88. The largest absolute Gasteiger partial charge is 0.573 e. The van der Waals surface area contributed by atoms with Crippen molar-refractivity contribution in [2.75, 3.05) is 6.26 Å². The molecule has 0 aliphatic rings. The molecule has 25 heavy (non-hydrogen) atoms. The van der Waals surface area contributed by atoms with Gasteiger partial charge in [0.25, 0.3) is 10.1 Å². The van der Waals surface area contributed by atoms with Crippen LogP contribution in [0.3, 0.4) is 0 Å². The lowest BCUT2D eigenvalue weighted by molar-refractivity contribution is -0.274. The topological polar surface area (TPSA) is 107 Å². The monoisotopic (exact) mass is 440 g/mol. The highest BCUT2D eigenvalue weighted by Crippen LogP contribution is 2.34. The number of alkyl halides is 6. The fourth-order valence-corrected chi connectivity index (χ4v) is 1.64. The van der Waals surface area contributed by atoms with Crippen LogP contribution in [0.4, 0.5) is 26.3 Å². The van der Waals surface area contributed by atoms with Gasteiger partial charge < -0.3 is 8.92 Å². The van der Waals surface area contributed by atoms with Gasteiger partial charge in [-0.25, -0.2) is 0 Å². The van der Waals surface area contributed by atoms with Gasteiger partial charge in [-0.05, 0) is 12.1 Å². The third-order valence-electron chi connectivity index (χ3n) is 1.62. The lowest BCUT2D eigenvalue weighted by Crippen LogP contribution is -2.28. The summed E-state index contributed by atoms with van der Waals surface area (Å²) in [4.78, 5) is 0. The number of hydrogen-bond donors (Lipinski definition) is 1. The first kappa shape index (κ1) is 23.5. The molecule has 1 aromatic rings. The fraction of sp³-hybridized carbons (Fsp3) is 0.333. The molecule has 0 aliphatic carbocycles. The van der Waals surface area contributed by atoms with Crippen LogP contribution in [0.5, 0.6) is 11.5 Å². The summed E-state index contributed by atoms with van der Waals surface area (Å²) in [6, 6.07) is 1.49. The van der Waals surface area contributed by atoms with Crippen LogP contribution >= 0.6 is 11.6 Å². The Labute approximate surface area is 142 Å². The molecule has 1 rings (SSSR count). The van der Waals surface area contributed by atoms with E-state index in [0.29, 0.717) is 24.5 Å². The van der Waals surface area contributed by atoms with Crippen molar-refractivity contribution in [2.45, 2.75) is 11.9 Å². The van der Waals surface area contributed by atoms with Crippen molar-refractivity contribution in [1.29, 1.82) is 0 Å². The number of hydrogen-bond acceptors (Lipinski definition) is 6. The Morgan fingerprint density at radius 3 is 1.80 bits per heavy atom. The Hall–Kier alpha value is -1.45. The molecule has 0 amide bonds. The summed E-state index contributed by atoms with van der Waals surface area (Å²) < 4.78 is 126. The second-order valence-corrected chi connectivity index (χ2v) is 7.27. The van der Waals surface area contributed by atoms with Gasteiger partial charge in [0.1, 0.15) is 5.75 Å². The molecule has 0 radical (unpaired) electrons. The smallest absolute Gasteiger partial charge is 0.406 e. The van der Waals surface area contributed by atoms with E-state index in [1.807, 2.05) is 0 Å². The van der Waals surface area contributed by atoms with Crippen LogP contribution in [-0.2, 0) is 20.2 Å². The van der Waals surface area contributed by atoms with E-state index in [1.54, 1.807) is 0 Å². The van der Waals surface area contributed by atoms with Gasteiger partial charge in [0, 0.05) is 6.07 Å². The number of halogens is 7. The van der Waals surface area contributed by atoms with E-state index < -0.39 is 48.6 Å². The minimum atomic E-state index is -5.97. The Morgan fingerprint density at radius 1 is 1.04 bits per heavy atom. The van der Waals surface area contributed by atoms with Crippen LogP contribution in [0, 0.1) is 0 Å². The zero-order valence-electron chi connectivity index (χ0n) is 11.6. The number of rotatable bonds is 3. The van der Waals surface area contributed by atoms with Gasteiger partial charge in [-0.15, -0.1) is 13.2 Å². The molecule has 0 spiro atoms. The molecule has 0 bridgehead atoms. The third kappa shape index (κ3) is 10.2. The molecule has 0 saturated heterocycles. The van der Waals surface area contributed by atoms with Gasteiger partial charge in [0.2, 0.25) is 0 Å². The maximum Gasteiger partial charge on any atom is 0.573 e. The van der Waals surface area contributed by atoms with Crippen molar-refractivity contribution in [3.63, 3.8) is 0 Å². The minimum absolute atomic E-state index is 0.455. The summed E-state index contributed by atoms with van der Waals surface area (Å²) in [5.74, 6) is -1.84. The molecule has 0 heterocycles. The van der Waals surface area contributed by atoms with Crippen LogP contribution in [0.25, 0.3) is 0 Å². The summed E-state index contributed by atoms with van der Waals surface area (Å²) in [6.07, 6.45) is -4.32. The molecule has 146 valence electrons. The summed E-state index contributed by atoms with van der Waals surface area (Å²) in [6.45, 7) is 0. The lowest BCUT2D eigenvalue weighted by atomic mass is 10.3. The van der Waals surface area contributed by atoms with Crippen molar-refractivity contribution >= 4 is 31.8 Å². The minimum Gasteiger partial charge on any atom is -0.406 e. The number of benzene rings is 1. The molecule has 7 nitrogen and oxygen atoms in total. The average Bonchev–Trinajstić information content (AvgIpc) is 2.26. The number of ether oxygens (including phenoxy) is 1. The Bertz CT molecular complexity index is 793. The molecule has 0 atom stereocenters. The van der Waals surface area contributed by atoms with E-state index in [1.165, 1.54) is 0 Å². The maximum absolute atomic E-state index is 12.0. The summed E-state index contributed by atoms with van der Waals surface area (Å²) in [5.41, 5.74) is -5.70. The van der Waals surface area contributed by atoms with Gasteiger partial charge in [-0.3, -0.25) is 4.55 Å². The van der Waals surface area contributed by atoms with E-state index in [-0.39, 0.29) is 0 Å². The molecule has 1 N–H and O–H groups in total. The summed E-state index contributed by atoms with van der Waals surface area (Å²) in [7, 11) is -9.64. The average molecular weight is 441 g/mol. The standard InChI is InChI=1S/C8H3ClF6O4S.CH4O3S/c9-5-3-4(18-7(10,11)12)1-2-6(5)19-20(16,17)8(13,14)15;1-5(2,3)4/h1-3H;1H3,(H,2,3,4). The SMILES string of the molecule is CS(=O)(=O)O.O=S(=O)(Oc1ccc(OC(F)(F)F)cc1Cl)C(F)(F)F. The van der Waals surface area contributed by atoms with Gasteiger partial charge in [0.15, 0.2) is 5.75 Å². The van der Waals surface area contributed by atoms with Crippen molar-refractivity contribution in [2.24, 2.45) is 0 Å². The first-order valence-corrected chi connectivity index (χ1v) is 8.94. The molecule has 16 heteroatoms. The van der Waals surface area contributed by atoms with Crippen LogP contribution in [-0.4, -0.2) is 39.5 Å². The zero-order valence-corrected chi connectivity index (χ0v) is 14.0. The van der Waals surface area contributed by atoms with Gasteiger partial charge >= 0.3 is 22.0 Å². The fourth-order valence-electron chi connectivity index (χ4n) is 0.912. The molecule has 0 unspecified atom stereocenters. The Kier molecular flexibility index (Phi) is 7.38. The first-order chi connectivity index (χ1) is 10.8. The van der Waals surface area contributed by atoms with Crippen LogP contribution in [0.2, 0.25) is 5.02 Å². The lowest BCUT2D eigenvalue weighted by Gasteiger charge is -2.12. The van der Waals surface area contributed by atoms with Gasteiger partial charge in [0.05, 0.1) is 11.3 Å². The molecule has 1 aromatic carbocycles. The van der Waals surface area contributed by atoms with Crippen molar-refractivity contribution in [1.82, 2.24) is 0 Å². The summed E-state index contributed by atoms with van der Waals surface area (Å²) in [5, 5.41) is -0.806. The Balaban J connectivity index is 0.00000101. The predicted octanol–water partition coefficient (Wildman–Crippen LogP) is 2.97. The molecular weight excluding hydrogens is 434 g/mol. The second-order valence-electron chi connectivity index (χ2n) is 3.86. The van der Waals surface area contributed by atoms with Crippen LogP contribution in [0.15, 0.2) is 18.2 Å². The molecule has 0 aromatic heterocycles. The van der Waals surface area contributed by atoms with E-state index in [9.17, 15) is 43.2 Å². The summed E-state index contributed by atoms with van der Waals surface area (Å²) >= 11 is 5.31. The first-order valence-electron chi connectivity index (χ1n) is 5.30. The van der Waals surface area contributed by atoms with Crippen LogP contribution in [0.1, 0.15) is 0 Å². The van der Waals surface area contributed by atoms with E-state index in [0.717, 1.165) is 0 Å². The van der Waals surface area contributed by atoms with Crippen molar-refractivity contribution in [3.05, 3.63) is 23.2 Å². The van der Waals surface area contributed by atoms with Gasteiger partial charge in [-0.2, -0.15) is 30.0 Å². The predicted molar refractivity (Wildman–Crippen MR) is 71.2 cm³/mol. The molecule has 0 saturated carbocycles. The second kappa shape index (κ2) is 7.84. The highest BCUT2D eigenvalue weighted by Gasteiger charge is 2.48. The van der Waals surface area contributed by atoms with Crippen molar-refractivity contribution < 1.29 is 56.7 Å². The molecular formula is C9H7ClF6O7S2. The highest BCUT2D eigenvalue weighted by atomic mass is 35.5. The van der Waals surface area contributed by atoms with E-state index in [4.69, 9.17) is 16.2 Å². The van der Waals surface area contributed by atoms with Gasteiger partial charge in [-0.1, -0.05) is 11.6 Å². The zero-order chi connectivity index (χ0) is 20.3. The molecule has 0 fully saturated rings. The highest BCUT2D eigenvalue weighted by molar-refractivity contribution is 7.88. The van der Waals surface area contributed by atoms with E-state index in [2.05, 4.69) is 8.92 Å². The van der Waals surface area contributed by atoms with Crippen molar-refractivity contribution in [3.8, 4) is 11.5 Å². The van der Waals surface area contributed by atoms with E-state index >= 15 is 0 Å². The Morgan fingerprint density at radius 2 is 1.48 bits per heavy atom.